The van der Waals surface area contributed by atoms with E-state index >= 15 is 0 Å². The Morgan fingerprint density at radius 3 is 2.31 bits per heavy atom. The van der Waals surface area contributed by atoms with Gasteiger partial charge in [-0.05, 0) is 42.5 Å². The van der Waals surface area contributed by atoms with Crippen LogP contribution in [0.15, 0.2) is 60.7 Å². The lowest BCUT2D eigenvalue weighted by Gasteiger charge is -2.11. The maximum absolute atomic E-state index is 11.4. The highest BCUT2D eigenvalue weighted by Gasteiger charge is 2.21. The van der Waals surface area contributed by atoms with Gasteiger partial charge in [-0.2, -0.15) is 4.57 Å². The summed E-state index contributed by atoms with van der Waals surface area (Å²) in [6.07, 6.45) is 0. The van der Waals surface area contributed by atoms with Crippen LogP contribution in [0.5, 0.6) is 0 Å². The number of carboxylic acid groups (broad SMARTS) is 1. The average molecular weight is 344 g/mol. The molecule has 1 aromatic heterocycles. The second-order valence-electron chi connectivity index (χ2n) is 6.38. The maximum Gasteiger partial charge on any atom is 0.335 e. The normalized spacial score (nSPS) is 11.1. The second kappa shape index (κ2) is 5.74. The topological polar surface area (TPSA) is 93.2 Å². The summed E-state index contributed by atoms with van der Waals surface area (Å²) in [5, 5.41) is 12.4. The van der Waals surface area contributed by atoms with Crippen LogP contribution < -0.4 is 16.0 Å². The molecule has 4 rings (SSSR count). The number of fused-ring (bicyclic) bond motifs is 3. The predicted octanol–water partition coefficient (Wildman–Crippen LogP) is 3.35. The molecule has 0 saturated carbocycles. The van der Waals surface area contributed by atoms with Gasteiger partial charge in [0.25, 0.3) is 0 Å². The number of aromatic carboxylic acids is 1. The van der Waals surface area contributed by atoms with Crippen LogP contribution in [0.1, 0.15) is 10.4 Å². The SMILES string of the molecule is C[n+]1c(-c2cccc(C(=O)O)c2)c2cc(N)ccc2c2ccc(N)cc21. The number of aryl methyl sites for hydroxylation is 1. The van der Waals surface area contributed by atoms with Gasteiger partial charge in [-0.1, -0.05) is 12.1 Å². The highest BCUT2D eigenvalue weighted by molar-refractivity contribution is 6.10. The number of pyridine rings is 1. The molecule has 0 atom stereocenters. The molecule has 1 heterocycles. The largest absolute Gasteiger partial charge is 0.478 e. The van der Waals surface area contributed by atoms with Crippen LogP contribution >= 0.6 is 0 Å². The van der Waals surface area contributed by atoms with Gasteiger partial charge in [0.2, 0.25) is 11.2 Å². The quantitative estimate of drug-likeness (QED) is 0.295. The van der Waals surface area contributed by atoms with Crippen LogP contribution in [0.3, 0.4) is 0 Å². The molecular formula is C21H18N3O2+. The molecule has 26 heavy (non-hydrogen) atoms. The molecule has 0 saturated heterocycles. The Bertz CT molecular complexity index is 1200. The molecule has 0 spiro atoms. The lowest BCUT2D eigenvalue weighted by molar-refractivity contribution is -0.632. The lowest BCUT2D eigenvalue weighted by Crippen LogP contribution is -2.32. The van der Waals surface area contributed by atoms with E-state index in [-0.39, 0.29) is 5.56 Å². The summed E-state index contributed by atoms with van der Waals surface area (Å²) in [5.41, 5.74) is 16.3. The van der Waals surface area contributed by atoms with E-state index < -0.39 is 5.97 Å². The third kappa shape index (κ3) is 2.41. The van der Waals surface area contributed by atoms with E-state index in [2.05, 4.69) is 0 Å². The fourth-order valence-electron chi connectivity index (χ4n) is 3.50. The first-order chi connectivity index (χ1) is 12.5. The van der Waals surface area contributed by atoms with Crippen molar-refractivity contribution in [1.82, 2.24) is 0 Å². The predicted molar refractivity (Wildman–Crippen MR) is 104 cm³/mol. The second-order valence-corrected chi connectivity index (χ2v) is 6.38. The number of nitrogens with zero attached hydrogens (tertiary/aromatic N) is 1. The Kier molecular flexibility index (Phi) is 3.51. The molecule has 3 aromatic carbocycles. The fraction of sp³-hybridized carbons (Fsp3) is 0.0476. The Morgan fingerprint density at radius 2 is 1.58 bits per heavy atom. The Morgan fingerprint density at radius 1 is 0.885 bits per heavy atom. The first-order valence-electron chi connectivity index (χ1n) is 8.20. The summed E-state index contributed by atoms with van der Waals surface area (Å²) < 4.78 is 2.04. The molecule has 5 heteroatoms. The van der Waals surface area contributed by atoms with E-state index in [1.807, 2.05) is 54.1 Å². The number of aromatic nitrogens is 1. The zero-order valence-electron chi connectivity index (χ0n) is 14.2. The van der Waals surface area contributed by atoms with Crippen LogP contribution in [0, 0.1) is 0 Å². The van der Waals surface area contributed by atoms with Crippen LogP contribution in [-0.2, 0) is 7.05 Å². The van der Waals surface area contributed by atoms with Crippen LogP contribution in [-0.4, -0.2) is 11.1 Å². The number of carbonyl (C=O) groups is 1. The summed E-state index contributed by atoms with van der Waals surface area (Å²) in [6, 6.07) is 18.5. The molecule has 0 aliphatic rings. The minimum absolute atomic E-state index is 0.243. The Labute approximate surface area is 150 Å². The molecule has 5 nitrogen and oxygen atoms in total. The van der Waals surface area contributed by atoms with E-state index in [0.29, 0.717) is 11.4 Å². The number of rotatable bonds is 2. The fourth-order valence-corrected chi connectivity index (χ4v) is 3.50. The maximum atomic E-state index is 11.4. The van der Waals surface area contributed by atoms with Gasteiger partial charge in [-0.3, -0.25) is 0 Å². The van der Waals surface area contributed by atoms with E-state index in [0.717, 1.165) is 32.9 Å². The molecule has 0 amide bonds. The number of hydrogen-bond acceptors (Lipinski definition) is 3. The molecule has 128 valence electrons. The van der Waals surface area contributed by atoms with Crippen molar-refractivity contribution in [3.63, 3.8) is 0 Å². The van der Waals surface area contributed by atoms with E-state index in [4.69, 9.17) is 11.5 Å². The first kappa shape index (κ1) is 15.9. The smallest absolute Gasteiger partial charge is 0.335 e. The van der Waals surface area contributed by atoms with Gasteiger partial charge in [0, 0.05) is 28.4 Å². The van der Waals surface area contributed by atoms with Crippen LogP contribution in [0.2, 0.25) is 0 Å². The lowest BCUT2D eigenvalue weighted by atomic mass is 9.97. The Balaban J connectivity index is 2.19. The zero-order chi connectivity index (χ0) is 18.4. The van der Waals surface area contributed by atoms with Gasteiger partial charge in [0.15, 0.2) is 0 Å². The first-order valence-corrected chi connectivity index (χ1v) is 8.20. The van der Waals surface area contributed by atoms with Crippen molar-refractivity contribution in [2.75, 3.05) is 11.5 Å². The average Bonchev–Trinajstić information content (AvgIpc) is 2.62. The third-order valence-corrected chi connectivity index (χ3v) is 4.69. The van der Waals surface area contributed by atoms with Crippen molar-refractivity contribution >= 4 is 39.0 Å². The minimum Gasteiger partial charge on any atom is -0.478 e. The summed E-state index contributed by atoms with van der Waals surface area (Å²) in [7, 11) is 1.95. The standard InChI is InChI=1S/C21H17N3O2/c1-24-19-11-15(23)6-8-17(19)16-7-5-14(22)10-18(16)20(24)12-3-2-4-13(9-12)21(25)26/h2-11,23H,22H2,1H3,(H,25,26)/p+1. The monoisotopic (exact) mass is 344 g/mol. The highest BCUT2D eigenvalue weighted by atomic mass is 16.4. The number of hydrogen-bond donors (Lipinski definition) is 3. The number of nitrogen functional groups attached to an aromatic ring is 2. The van der Waals surface area contributed by atoms with E-state index in [1.54, 1.807) is 18.2 Å². The summed E-state index contributed by atoms with van der Waals surface area (Å²) in [6.45, 7) is 0. The third-order valence-electron chi connectivity index (χ3n) is 4.69. The summed E-state index contributed by atoms with van der Waals surface area (Å²) in [4.78, 5) is 11.4. The van der Waals surface area contributed by atoms with Gasteiger partial charge in [0.05, 0.1) is 16.3 Å². The number of benzene rings is 3. The van der Waals surface area contributed by atoms with Crippen molar-refractivity contribution in [3.8, 4) is 11.3 Å². The van der Waals surface area contributed by atoms with Gasteiger partial charge < -0.3 is 16.6 Å². The molecule has 0 bridgehead atoms. The molecule has 0 unspecified atom stereocenters. The van der Waals surface area contributed by atoms with Crippen molar-refractivity contribution in [3.05, 3.63) is 66.2 Å². The van der Waals surface area contributed by atoms with E-state index in [1.165, 1.54) is 0 Å². The molecule has 0 aliphatic heterocycles. The molecule has 0 aliphatic carbocycles. The Hall–Kier alpha value is -3.60. The number of carboxylic acids is 1. The minimum atomic E-state index is -0.955. The number of anilines is 2. The molecule has 0 radical (unpaired) electrons. The molecule has 4 aromatic rings. The van der Waals surface area contributed by atoms with Crippen LogP contribution in [0.4, 0.5) is 11.4 Å². The van der Waals surface area contributed by atoms with Crippen molar-refractivity contribution < 1.29 is 14.5 Å². The summed E-state index contributed by atoms with van der Waals surface area (Å²) in [5.74, 6) is -0.955. The van der Waals surface area contributed by atoms with Gasteiger partial charge in [0.1, 0.15) is 7.05 Å². The highest BCUT2D eigenvalue weighted by Crippen LogP contribution is 2.33. The van der Waals surface area contributed by atoms with Crippen molar-refractivity contribution in [2.24, 2.45) is 7.05 Å². The molecule has 0 fully saturated rings. The van der Waals surface area contributed by atoms with Crippen molar-refractivity contribution in [2.45, 2.75) is 0 Å². The van der Waals surface area contributed by atoms with E-state index in [9.17, 15) is 9.90 Å². The van der Waals surface area contributed by atoms with Crippen LogP contribution in [0.25, 0.3) is 32.9 Å². The summed E-state index contributed by atoms with van der Waals surface area (Å²) >= 11 is 0. The van der Waals surface area contributed by atoms with Gasteiger partial charge in [-0.15, -0.1) is 0 Å². The van der Waals surface area contributed by atoms with Crippen molar-refractivity contribution in [1.29, 1.82) is 0 Å². The molecule has 5 N–H and O–H groups in total. The zero-order valence-corrected chi connectivity index (χ0v) is 14.2. The number of nitrogens with two attached hydrogens (primary N) is 2. The van der Waals surface area contributed by atoms with Gasteiger partial charge in [-0.25, -0.2) is 4.79 Å². The molecular weight excluding hydrogens is 326 g/mol. The van der Waals surface area contributed by atoms with Gasteiger partial charge >= 0.3 is 5.97 Å².